The molecule has 3 nitrogen and oxygen atoms in total. The molecule has 16 heavy (non-hydrogen) atoms. The highest BCUT2D eigenvalue weighted by Crippen LogP contribution is 2.35. The summed E-state index contributed by atoms with van der Waals surface area (Å²) in [6, 6.07) is 0. The van der Waals surface area contributed by atoms with Crippen LogP contribution in [0.3, 0.4) is 0 Å². The second kappa shape index (κ2) is 4.24. The lowest BCUT2D eigenvalue weighted by Crippen LogP contribution is -2.27. The summed E-state index contributed by atoms with van der Waals surface area (Å²) in [5.41, 5.74) is 1.77. The summed E-state index contributed by atoms with van der Waals surface area (Å²) in [6.45, 7) is 3.84. The number of carbonyl (C=O) groups excluding carboxylic acids is 1. The third-order valence-corrected chi connectivity index (χ3v) is 3.46. The van der Waals surface area contributed by atoms with E-state index in [1.807, 2.05) is 13.8 Å². The smallest absolute Gasteiger partial charge is 0.137 e. The Kier molecular flexibility index (Phi) is 2.95. The van der Waals surface area contributed by atoms with E-state index in [1.54, 1.807) is 0 Å². The van der Waals surface area contributed by atoms with E-state index in [0.717, 1.165) is 49.0 Å². The summed E-state index contributed by atoms with van der Waals surface area (Å²) in [5.74, 6) is 0.841. The van der Waals surface area contributed by atoms with Crippen molar-refractivity contribution >= 4 is 6.29 Å². The molecule has 0 saturated heterocycles. The molecule has 3 heteroatoms. The number of hydrogen-bond acceptors (Lipinski definition) is 3. The molecule has 0 spiro atoms. The molecule has 1 aliphatic rings. The summed E-state index contributed by atoms with van der Waals surface area (Å²) in [5, 5.41) is 3.94. The second-order valence-corrected chi connectivity index (χ2v) is 4.67. The summed E-state index contributed by atoms with van der Waals surface area (Å²) in [4.78, 5) is 11.3. The van der Waals surface area contributed by atoms with E-state index >= 15 is 0 Å². The van der Waals surface area contributed by atoms with Crippen molar-refractivity contribution in [2.24, 2.45) is 5.41 Å². The zero-order valence-electron chi connectivity index (χ0n) is 9.82. The first kappa shape index (κ1) is 11.1. The Labute approximate surface area is 95.5 Å². The van der Waals surface area contributed by atoms with Crippen LogP contribution in [-0.4, -0.2) is 11.4 Å². The van der Waals surface area contributed by atoms with E-state index in [0.29, 0.717) is 0 Å². The van der Waals surface area contributed by atoms with Crippen LogP contribution in [-0.2, 0) is 11.2 Å². The standard InChI is InChI=1S/C13H17NO2/c1-10-12(11(2)16-14-10)8-13(9-15)6-4-3-5-7-13/h3-4,9H,5-8H2,1-2H3. The van der Waals surface area contributed by atoms with E-state index in [2.05, 4.69) is 17.3 Å². The average molecular weight is 219 g/mol. The summed E-state index contributed by atoms with van der Waals surface area (Å²) in [7, 11) is 0. The Morgan fingerprint density at radius 3 is 2.81 bits per heavy atom. The Morgan fingerprint density at radius 2 is 2.31 bits per heavy atom. The van der Waals surface area contributed by atoms with Gasteiger partial charge < -0.3 is 9.32 Å². The zero-order valence-corrected chi connectivity index (χ0v) is 9.82. The first-order valence-corrected chi connectivity index (χ1v) is 5.70. The molecule has 1 unspecified atom stereocenters. The number of allylic oxidation sites excluding steroid dienone is 2. The molecule has 86 valence electrons. The van der Waals surface area contributed by atoms with Gasteiger partial charge in [0.25, 0.3) is 0 Å². The molecule has 1 aromatic heterocycles. The van der Waals surface area contributed by atoms with E-state index in [9.17, 15) is 4.79 Å². The van der Waals surface area contributed by atoms with Crippen molar-refractivity contribution in [3.63, 3.8) is 0 Å². The summed E-state index contributed by atoms with van der Waals surface area (Å²) >= 11 is 0. The summed E-state index contributed by atoms with van der Waals surface area (Å²) < 4.78 is 5.14. The number of nitrogens with zero attached hydrogens (tertiary/aromatic N) is 1. The summed E-state index contributed by atoms with van der Waals surface area (Å²) in [6.07, 6.45) is 8.87. The van der Waals surface area contributed by atoms with Crippen LogP contribution < -0.4 is 0 Å². The number of carbonyl (C=O) groups is 1. The van der Waals surface area contributed by atoms with Gasteiger partial charge in [-0.15, -0.1) is 0 Å². The van der Waals surface area contributed by atoms with E-state index in [-0.39, 0.29) is 5.41 Å². The highest BCUT2D eigenvalue weighted by molar-refractivity contribution is 5.61. The fraction of sp³-hybridized carbons (Fsp3) is 0.538. The maximum atomic E-state index is 11.3. The van der Waals surface area contributed by atoms with Crippen LogP contribution in [0.4, 0.5) is 0 Å². The number of aryl methyl sites for hydroxylation is 2. The van der Waals surface area contributed by atoms with Gasteiger partial charge in [0, 0.05) is 11.0 Å². The topological polar surface area (TPSA) is 43.1 Å². The SMILES string of the molecule is Cc1noc(C)c1CC1(C=O)CC=CCC1. The van der Waals surface area contributed by atoms with Crippen molar-refractivity contribution in [2.75, 3.05) is 0 Å². The molecular weight excluding hydrogens is 202 g/mol. The van der Waals surface area contributed by atoms with Crippen LogP contribution in [0.2, 0.25) is 0 Å². The normalized spacial score (nSPS) is 24.6. The maximum absolute atomic E-state index is 11.3. The van der Waals surface area contributed by atoms with Gasteiger partial charge in [0.2, 0.25) is 0 Å². The molecule has 0 fully saturated rings. The monoisotopic (exact) mass is 219 g/mol. The van der Waals surface area contributed by atoms with Gasteiger partial charge in [0.05, 0.1) is 5.69 Å². The van der Waals surface area contributed by atoms with E-state index in [1.165, 1.54) is 0 Å². The average Bonchev–Trinajstić information content (AvgIpc) is 2.62. The third kappa shape index (κ3) is 1.94. The highest BCUT2D eigenvalue weighted by Gasteiger charge is 2.32. The fourth-order valence-electron chi connectivity index (χ4n) is 2.32. The fourth-order valence-corrected chi connectivity index (χ4v) is 2.32. The van der Waals surface area contributed by atoms with E-state index in [4.69, 9.17) is 4.52 Å². The predicted molar refractivity (Wildman–Crippen MR) is 61.2 cm³/mol. The molecule has 0 aliphatic heterocycles. The number of hydrogen-bond donors (Lipinski definition) is 0. The minimum absolute atomic E-state index is 0.240. The van der Waals surface area contributed by atoms with E-state index < -0.39 is 0 Å². The van der Waals surface area contributed by atoms with Gasteiger partial charge in [-0.05, 0) is 39.5 Å². The lowest BCUT2D eigenvalue weighted by molar-refractivity contribution is -0.116. The molecule has 0 radical (unpaired) electrons. The molecule has 1 atom stereocenters. The Hall–Kier alpha value is -1.38. The Balaban J connectivity index is 2.25. The lowest BCUT2D eigenvalue weighted by Gasteiger charge is -2.28. The molecule has 0 bridgehead atoms. The quantitative estimate of drug-likeness (QED) is 0.580. The Morgan fingerprint density at radius 1 is 1.50 bits per heavy atom. The van der Waals surface area contributed by atoms with Crippen molar-refractivity contribution < 1.29 is 9.32 Å². The molecule has 0 amide bonds. The molecule has 1 heterocycles. The van der Waals surface area contributed by atoms with Crippen LogP contribution in [0.1, 0.15) is 36.3 Å². The molecule has 0 N–H and O–H groups in total. The minimum atomic E-state index is -0.240. The van der Waals surface area contributed by atoms with Crippen molar-refractivity contribution in [1.82, 2.24) is 5.16 Å². The molecule has 1 aliphatic carbocycles. The van der Waals surface area contributed by atoms with Crippen LogP contribution >= 0.6 is 0 Å². The largest absolute Gasteiger partial charge is 0.361 e. The Bertz CT molecular complexity index is 400. The number of aromatic nitrogens is 1. The van der Waals surface area contributed by atoms with Gasteiger partial charge in [0.15, 0.2) is 0 Å². The highest BCUT2D eigenvalue weighted by atomic mass is 16.5. The predicted octanol–water partition coefficient (Wildman–Crippen LogP) is 2.76. The molecule has 2 rings (SSSR count). The zero-order chi connectivity index (χ0) is 11.6. The van der Waals surface area contributed by atoms with Crippen LogP contribution in [0.25, 0.3) is 0 Å². The van der Waals surface area contributed by atoms with Crippen molar-refractivity contribution in [3.8, 4) is 0 Å². The molecular formula is C13H17NO2. The van der Waals surface area contributed by atoms with Crippen LogP contribution in [0, 0.1) is 19.3 Å². The molecule has 0 aromatic carbocycles. The van der Waals surface area contributed by atoms with Gasteiger partial charge in [-0.1, -0.05) is 17.3 Å². The van der Waals surface area contributed by atoms with Crippen LogP contribution in [0.5, 0.6) is 0 Å². The number of aldehydes is 1. The van der Waals surface area contributed by atoms with Gasteiger partial charge in [-0.2, -0.15) is 0 Å². The third-order valence-electron chi connectivity index (χ3n) is 3.46. The van der Waals surface area contributed by atoms with Crippen molar-refractivity contribution in [2.45, 2.75) is 39.5 Å². The van der Waals surface area contributed by atoms with Gasteiger partial charge >= 0.3 is 0 Å². The van der Waals surface area contributed by atoms with Crippen molar-refractivity contribution in [1.29, 1.82) is 0 Å². The second-order valence-electron chi connectivity index (χ2n) is 4.67. The van der Waals surface area contributed by atoms with Crippen molar-refractivity contribution in [3.05, 3.63) is 29.2 Å². The molecule has 1 aromatic rings. The minimum Gasteiger partial charge on any atom is -0.361 e. The van der Waals surface area contributed by atoms with Crippen LogP contribution in [0.15, 0.2) is 16.7 Å². The molecule has 0 saturated carbocycles. The van der Waals surface area contributed by atoms with Gasteiger partial charge in [-0.25, -0.2) is 0 Å². The first-order chi connectivity index (χ1) is 7.67. The first-order valence-electron chi connectivity index (χ1n) is 5.70. The van der Waals surface area contributed by atoms with Gasteiger partial charge in [-0.3, -0.25) is 0 Å². The van der Waals surface area contributed by atoms with Gasteiger partial charge in [0.1, 0.15) is 12.0 Å². The lowest BCUT2D eigenvalue weighted by atomic mass is 9.74. The number of rotatable bonds is 3. The maximum Gasteiger partial charge on any atom is 0.137 e.